The highest BCUT2D eigenvalue weighted by Crippen LogP contribution is 2.20. The molecule has 19 heavy (non-hydrogen) atoms. The predicted octanol–water partition coefficient (Wildman–Crippen LogP) is 2.35. The second kappa shape index (κ2) is 6.17. The highest BCUT2D eigenvalue weighted by atomic mass is 16.5. The summed E-state index contributed by atoms with van der Waals surface area (Å²) < 4.78 is 10.9. The summed E-state index contributed by atoms with van der Waals surface area (Å²) in [6.45, 7) is 6.94. The van der Waals surface area contributed by atoms with E-state index in [4.69, 9.17) is 9.15 Å². The van der Waals surface area contributed by atoms with Crippen LogP contribution in [0.1, 0.15) is 31.1 Å². The molecule has 2 heterocycles. The molecule has 0 bridgehead atoms. The number of anilines is 1. The van der Waals surface area contributed by atoms with Crippen LogP contribution in [0.3, 0.4) is 0 Å². The molecule has 0 saturated heterocycles. The van der Waals surface area contributed by atoms with Crippen LogP contribution in [0.4, 0.5) is 5.82 Å². The number of hydrogen-bond acceptors (Lipinski definition) is 6. The van der Waals surface area contributed by atoms with Crippen molar-refractivity contribution < 1.29 is 9.15 Å². The molecule has 0 fully saturated rings. The van der Waals surface area contributed by atoms with E-state index in [2.05, 4.69) is 20.3 Å². The number of hydrogen-bond donors (Lipinski definition) is 1. The Bertz CT molecular complexity index is 539. The number of oxazole rings is 1. The molecule has 1 N–H and O–H groups in total. The van der Waals surface area contributed by atoms with Crippen LogP contribution in [0.25, 0.3) is 0 Å². The Balaban J connectivity index is 2.04. The summed E-state index contributed by atoms with van der Waals surface area (Å²) in [6, 6.07) is 0. The molecule has 0 atom stereocenters. The van der Waals surface area contributed by atoms with Crippen molar-refractivity contribution in [3.05, 3.63) is 29.7 Å². The van der Waals surface area contributed by atoms with Crippen LogP contribution in [-0.2, 0) is 13.0 Å². The van der Waals surface area contributed by atoms with Crippen molar-refractivity contribution in [1.82, 2.24) is 15.0 Å². The van der Waals surface area contributed by atoms with Gasteiger partial charge in [-0.25, -0.2) is 15.0 Å². The summed E-state index contributed by atoms with van der Waals surface area (Å²) in [5, 5.41) is 3.18. The second-order valence-electron chi connectivity index (χ2n) is 4.01. The van der Waals surface area contributed by atoms with Gasteiger partial charge in [0.1, 0.15) is 17.9 Å². The molecule has 0 aliphatic heterocycles. The molecule has 0 aromatic carbocycles. The second-order valence-corrected chi connectivity index (χ2v) is 4.01. The Labute approximate surface area is 112 Å². The van der Waals surface area contributed by atoms with E-state index in [1.165, 1.54) is 6.33 Å². The highest BCUT2D eigenvalue weighted by molar-refractivity contribution is 5.47. The number of aromatic nitrogens is 3. The molecule has 102 valence electrons. The lowest BCUT2D eigenvalue weighted by atomic mass is 10.3. The molecule has 6 nitrogen and oxygen atoms in total. The lowest BCUT2D eigenvalue weighted by molar-refractivity contribution is 0.324. The molecule has 2 aromatic heterocycles. The Morgan fingerprint density at radius 2 is 2.11 bits per heavy atom. The maximum atomic E-state index is 5.52. The minimum atomic E-state index is 0.490. The fourth-order valence-corrected chi connectivity index (χ4v) is 1.65. The van der Waals surface area contributed by atoms with Gasteiger partial charge < -0.3 is 14.5 Å². The Kier molecular flexibility index (Phi) is 4.33. The van der Waals surface area contributed by atoms with E-state index in [9.17, 15) is 0 Å². The van der Waals surface area contributed by atoms with Crippen LogP contribution in [0.2, 0.25) is 0 Å². The number of nitrogens with zero attached hydrogens (tertiary/aromatic N) is 3. The van der Waals surface area contributed by atoms with Crippen LogP contribution < -0.4 is 10.1 Å². The maximum absolute atomic E-state index is 5.52. The van der Waals surface area contributed by atoms with E-state index in [1.807, 2.05) is 20.8 Å². The van der Waals surface area contributed by atoms with Gasteiger partial charge in [-0.2, -0.15) is 0 Å². The van der Waals surface area contributed by atoms with Gasteiger partial charge in [0.15, 0.2) is 0 Å². The Morgan fingerprint density at radius 1 is 1.26 bits per heavy atom. The number of rotatable bonds is 6. The van der Waals surface area contributed by atoms with E-state index >= 15 is 0 Å². The van der Waals surface area contributed by atoms with Gasteiger partial charge in [-0.3, -0.25) is 0 Å². The summed E-state index contributed by atoms with van der Waals surface area (Å²) in [7, 11) is 0. The Morgan fingerprint density at radius 3 is 2.79 bits per heavy atom. The van der Waals surface area contributed by atoms with Crippen LogP contribution in [0.15, 0.2) is 16.9 Å². The molecular formula is C13H18N4O2. The van der Waals surface area contributed by atoms with E-state index in [-0.39, 0.29) is 0 Å². The van der Waals surface area contributed by atoms with E-state index in [0.717, 1.165) is 23.6 Å². The molecule has 0 aliphatic rings. The van der Waals surface area contributed by atoms with Gasteiger partial charge >= 0.3 is 0 Å². The third-order valence-electron chi connectivity index (χ3n) is 2.68. The van der Waals surface area contributed by atoms with Gasteiger partial charge in [0.2, 0.25) is 11.8 Å². The molecule has 0 spiro atoms. The van der Waals surface area contributed by atoms with Crippen molar-refractivity contribution in [2.45, 2.75) is 33.7 Å². The highest BCUT2D eigenvalue weighted by Gasteiger charge is 2.09. The van der Waals surface area contributed by atoms with Crippen LogP contribution in [0, 0.1) is 6.92 Å². The van der Waals surface area contributed by atoms with Crippen molar-refractivity contribution in [3.63, 3.8) is 0 Å². The molecule has 0 radical (unpaired) electrons. The number of nitrogens with one attached hydrogen (secondary N) is 1. The third kappa shape index (κ3) is 3.21. The topological polar surface area (TPSA) is 73.1 Å². The summed E-state index contributed by atoms with van der Waals surface area (Å²) in [4.78, 5) is 12.5. The normalized spacial score (nSPS) is 10.5. The minimum Gasteiger partial charge on any atom is -0.478 e. The Hall–Kier alpha value is -2.11. The first-order chi connectivity index (χ1) is 9.24. The molecule has 0 aliphatic carbocycles. The first kappa shape index (κ1) is 13.3. The van der Waals surface area contributed by atoms with Crippen LogP contribution in [-0.4, -0.2) is 21.6 Å². The smallest absolute Gasteiger partial charge is 0.221 e. The molecule has 2 rings (SSSR count). The third-order valence-corrected chi connectivity index (χ3v) is 2.68. The standard InChI is InChI=1S/C13H18N4O2/c1-4-10-6-14-11(19-10)7-15-12-9(3)13(18-5-2)17-8-16-12/h6,8H,4-5,7H2,1-3H3,(H,15,16,17). The average molecular weight is 262 g/mol. The van der Waals surface area contributed by atoms with E-state index in [0.29, 0.717) is 24.9 Å². The van der Waals surface area contributed by atoms with E-state index in [1.54, 1.807) is 6.20 Å². The van der Waals surface area contributed by atoms with Gasteiger partial charge in [0, 0.05) is 6.42 Å². The summed E-state index contributed by atoms with van der Waals surface area (Å²) >= 11 is 0. The van der Waals surface area contributed by atoms with Gasteiger partial charge in [0.25, 0.3) is 0 Å². The van der Waals surface area contributed by atoms with Gasteiger partial charge in [-0.15, -0.1) is 0 Å². The van der Waals surface area contributed by atoms with Crippen molar-refractivity contribution >= 4 is 5.82 Å². The first-order valence-electron chi connectivity index (χ1n) is 6.36. The van der Waals surface area contributed by atoms with Gasteiger partial charge in [-0.05, 0) is 13.8 Å². The molecule has 6 heteroatoms. The first-order valence-corrected chi connectivity index (χ1v) is 6.36. The van der Waals surface area contributed by atoms with Crippen LogP contribution >= 0.6 is 0 Å². The fraction of sp³-hybridized carbons (Fsp3) is 0.462. The molecule has 0 saturated carbocycles. The molecule has 0 amide bonds. The summed E-state index contributed by atoms with van der Waals surface area (Å²) in [5.41, 5.74) is 0.881. The van der Waals surface area contributed by atoms with E-state index < -0.39 is 0 Å². The van der Waals surface area contributed by atoms with Crippen molar-refractivity contribution in [2.24, 2.45) is 0 Å². The summed E-state index contributed by atoms with van der Waals surface area (Å²) in [6.07, 6.45) is 4.07. The summed E-state index contributed by atoms with van der Waals surface area (Å²) in [5.74, 6) is 2.86. The lowest BCUT2D eigenvalue weighted by Gasteiger charge is -2.10. The van der Waals surface area contributed by atoms with Crippen molar-refractivity contribution in [1.29, 1.82) is 0 Å². The average Bonchev–Trinajstić information content (AvgIpc) is 2.88. The fourth-order valence-electron chi connectivity index (χ4n) is 1.65. The van der Waals surface area contributed by atoms with Crippen LogP contribution in [0.5, 0.6) is 5.88 Å². The van der Waals surface area contributed by atoms with Gasteiger partial charge in [-0.1, -0.05) is 6.92 Å². The van der Waals surface area contributed by atoms with Crippen molar-refractivity contribution in [3.8, 4) is 5.88 Å². The van der Waals surface area contributed by atoms with Crippen molar-refractivity contribution in [2.75, 3.05) is 11.9 Å². The predicted molar refractivity (Wildman–Crippen MR) is 71.1 cm³/mol. The molecule has 2 aromatic rings. The largest absolute Gasteiger partial charge is 0.478 e. The maximum Gasteiger partial charge on any atom is 0.221 e. The number of ether oxygens (including phenoxy) is 1. The number of aryl methyl sites for hydroxylation is 1. The zero-order chi connectivity index (χ0) is 13.7. The SMILES string of the molecule is CCOc1ncnc(NCc2ncc(CC)o2)c1C. The zero-order valence-electron chi connectivity index (χ0n) is 11.4. The minimum absolute atomic E-state index is 0.490. The quantitative estimate of drug-likeness (QED) is 0.861. The monoisotopic (exact) mass is 262 g/mol. The lowest BCUT2D eigenvalue weighted by Crippen LogP contribution is -2.06. The molecule has 0 unspecified atom stereocenters. The van der Waals surface area contributed by atoms with Gasteiger partial charge in [0.05, 0.1) is 24.9 Å². The zero-order valence-corrected chi connectivity index (χ0v) is 11.4. The molecular weight excluding hydrogens is 244 g/mol.